The molecule has 3 rings (SSSR count). The van der Waals surface area contributed by atoms with Crippen LogP contribution in [-0.4, -0.2) is 22.6 Å². The molecule has 6 nitrogen and oxygen atoms in total. The van der Waals surface area contributed by atoms with Gasteiger partial charge in [-0.1, -0.05) is 31.2 Å². The Bertz CT molecular complexity index is 997. The van der Waals surface area contributed by atoms with Gasteiger partial charge >= 0.3 is 0 Å². The molecule has 6 heteroatoms. The number of nitrogens with one attached hydrogen (secondary N) is 1. The summed E-state index contributed by atoms with van der Waals surface area (Å²) in [6.07, 6.45) is 0.840. The second-order valence-corrected chi connectivity index (χ2v) is 6.37. The molecule has 1 aromatic heterocycles. The predicted octanol–water partition coefficient (Wildman–Crippen LogP) is 3.22. The van der Waals surface area contributed by atoms with E-state index in [2.05, 4.69) is 15.5 Å². The van der Waals surface area contributed by atoms with Gasteiger partial charge in [0.05, 0.1) is 5.69 Å². The maximum Gasteiger partial charge on any atom is 0.273 e. The summed E-state index contributed by atoms with van der Waals surface area (Å²) >= 11 is 0. The van der Waals surface area contributed by atoms with Crippen LogP contribution in [0.25, 0.3) is 22.0 Å². The average Bonchev–Trinajstić information content (AvgIpc) is 2.64. The summed E-state index contributed by atoms with van der Waals surface area (Å²) in [5.74, 6) is -0.302. The fraction of sp³-hybridized carbons (Fsp3) is 0.250. The SMILES string of the molecule is CCCNC(=O)c1nnc2c(-c3ccc(N)c(C)c3C)cccc2c1N. The number of nitrogens with two attached hydrogens (primary N) is 2. The molecule has 0 bridgehead atoms. The van der Waals surface area contributed by atoms with E-state index < -0.39 is 0 Å². The van der Waals surface area contributed by atoms with Gasteiger partial charge in [-0.15, -0.1) is 10.2 Å². The zero-order valence-electron chi connectivity index (χ0n) is 15.3. The van der Waals surface area contributed by atoms with Crippen molar-refractivity contribution in [2.45, 2.75) is 27.2 Å². The number of rotatable bonds is 4. The molecule has 0 unspecified atom stereocenters. The average molecular weight is 349 g/mol. The maximum atomic E-state index is 12.3. The van der Waals surface area contributed by atoms with E-state index in [1.165, 1.54) is 0 Å². The monoisotopic (exact) mass is 349 g/mol. The number of hydrogen-bond acceptors (Lipinski definition) is 5. The first-order chi connectivity index (χ1) is 12.5. The number of fused-ring (bicyclic) bond motifs is 1. The Morgan fingerprint density at radius 3 is 2.54 bits per heavy atom. The highest BCUT2D eigenvalue weighted by Crippen LogP contribution is 2.34. The van der Waals surface area contributed by atoms with Crippen LogP contribution in [0, 0.1) is 13.8 Å². The van der Waals surface area contributed by atoms with E-state index in [0.29, 0.717) is 23.1 Å². The van der Waals surface area contributed by atoms with Crippen LogP contribution in [0.4, 0.5) is 11.4 Å². The minimum atomic E-state index is -0.302. The van der Waals surface area contributed by atoms with Crippen molar-refractivity contribution >= 4 is 28.2 Å². The van der Waals surface area contributed by atoms with Crippen LogP contribution >= 0.6 is 0 Å². The first kappa shape index (κ1) is 17.7. The first-order valence-electron chi connectivity index (χ1n) is 8.64. The highest BCUT2D eigenvalue weighted by molar-refractivity contribution is 6.07. The third-order valence-corrected chi connectivity index (χ3v) is 4.70. The van der Waals surface area contributed by atoms with Crippen LogP contribution in [0.1, 0.15) is 35.0 Å². The fourth-order valence-electron chi connectivity index (χ4n) is 2.99. The van der Waals surface area contributed by atoms with E-state index in [-0.39, 0.29) is 11.6 Å². The zero-order valence-corrected chi connectivity index (χ0v) is 15.3. The summed E-state index contributed by atoms with van der Waals surface area (Å²) < 4.78 is 0. The van der Waals surface area contributed by atoms with Crippen molar-refractivity contribution in [3.63, 3.8) is 0 Å². The quantitative estimate of drug-likeness (QED) is 0.627. The van der Waals surface area contributed by atoms with Crippen molar-refractivity contribution in [2.75, 3.05) is 18.0 Å². The maximum absolute atomic E-state index is 12.3. The van der Waals surface area contributed by atoms with E-state index in [1.54, 1.807) is 0 Å². The van der Waals surface area contributed by atoms with Gasteiger partial charge in [0.15, 0.2) is 5.69 Å². The largest absolute Gasteiger partial charge is 0.399 e. The molecule has 1 heterocycles. The number of nitrogen functional groups attached to an aromatic ring is 2. The van der Waals surface area contributed by atoms with Crippen LogP contribution in [0.2, 0.25) is 0 Å². The van der Waals surface area contributed by atoms with Crippen molar-refractivity contribution in [2.24, 2.45) is 0 Å². The highest BCUT2D eigenvalue weighted by Gasteiger charge is 2.18. The van der Waals surface area contributed by atoms with Gasteiger partial charge in [0.25, 0.3) is 5.91 Å². The van der Waals surface area contributed by atoms with E-state index in [4.69, 9.17) is 11.5 Å². The lowest BCUT2D eigenvalue weighted by molar-refractivity contribution is 0.0949. The van der Waals surface area contributed by atoms with E-state index in [9.17, 15) is 4.79 Å². The number of carbonyl (C=O) groups is 1. The molecule has 26 heavy (non-hydrogen) atoms. The number of amides is 1. The topological polar surface area (TPSA) is 107 Å². The smallest absolute Gasteiger partial charge is 0.273 e. The van der Waals surface area contributed by atoms with Crippen molar-refractivity contribution < 1.29 is 4.79 Å². The molecule has 5 N–H and O–H groups in total. The van der Waals surface area contributed by atoms with Crippen molar-refractivity contribution in [1.82, 2.24) is 15.5 Å². The Morgan fingerprint density at radius 2 is 1.81 bits per heavy atom. The van der Waals surface area contributed by atoms with Crippen LogP contribution in [0.15, 0.2) is 30.3 Å². The molecule has 1 amide bonds. The van der Waals surface area contributed by atoms with Gasteiger partial charge in [-0.25, -0.2) is 0 Å². The minimum Gasteiger partial charge on any atom is -0.399 e. The number of nitrogens with zero attached hydrogens (tertiary/aromatic N) is 2. The van der Waals surface area contributed by atoms with Gasteiger partial charge < -0.3 is 16.8 Å². The summed E-state index contributed by atoms with van der Waals surface area (Å²) in [5, 5.41) is 11.9. The third kappa shape index (κ3) is 2.94. The number of benzene rings is 2. The standard InChI is InChI=1S/C20H23N5O/c1-4-10-23-20(26)19-17(22)15-7-5-6-14(18(15)24-25-19)13-8-9-16(21)12(3)11(13)2/h5-9H,4,10,21H2,1-3H3,(H2,22,24)(H,23,26). The van der Waals surface area contributed by atoms with Crippen LogP contribution < -0.4 is 16.8 Å². The Labute approximate surface area is 152 Å². The van der Waals surface area contributed by atoms with Crippen LogP contribution in [0.5, 0.6) is 0 Å². The second kappa shape index (κ2) is 7.00. The van der Waals surface area contributed by atoms with Gasteiger partial charge in [-0.2, -0.15) is 0 Å². The van der Waals surface area contributed by atoms with Gasteiger partial charge in [0.2, 0.25) is 0 Å². The zero-order chi connectivity index (χ0) is 18.8. The molecule has 0 spiro atoms. The highest BCUT2D eigenvalue weighted by atomic mass is 16.1. The van der Waals surface area contributed by atoms with E-state index in [1.807, 2.05) is 51.1 Å². The molecule has 0 saturated heterocycles. The van der Waals surface area contributed by atoms with Crippen molar-refractivity contribution in [1.29, 1.82) is 0 Å². The molecule has 0 aliphatic heterocycles. The molecular weight excluding hydrogens is 326 g/mol. The molecule has 0 radical (unpaired) electrons. The van der Waals surface area contributed by atoms with Gasteiger partial charge in [-0.05, 0) is 43.0 Å². The Hall–Kier alpha value is -3.15. The molecule has 0 atom stereocenters. The molecule has 2 aromatic carbocycles. The Balaban J connectivity index is 2.17. The lowest BCUT2D eigenvalue weighted by atomic mass is 9.94. The Kier molecular flexibility index (Phi) is 4.75. The van der Waals surface area contributed by atoms with Gasteiger partial charge in [0.1, 0.15) is 5.52 Å². The third-order valence-electron chi connectivity index (χ3n) is 4.70. The number of anilines is 2. The summed E-state index contributed by atoms with van der Waals surface area (Å²) in [5.41, 5.74) is 18.3. The number of aromatic nitrogens is 2. The van der Waals surface area contributed by atoms with Crippen molar-refractivity contribution in [3.8, 4) is 11.1 Å². The molecule has 0 saturated carbocycles. The van der Waals surface area contributed by atoms with Gasteiger partial charge in [0, 0.05) is 23.2 Å². The molecular formula is C20H23N5O. The summed E-state index contributed by atoms with van der Waals surface area (Å²) in [4.78, 5) is 12.3. The van der Waals surface area contributed by atoms with Crippen molar-refractivity contribution in [3.05, 3.63) is 47.2 Å². The molecule has 0 fully saturated rings. The number of carbonyl (C=O) groups excluding carboxylic acids is 1. The van der Waals surface area contributed by atoms with E-state index in [0.717, 1.165) is 34.4 Å². The second-order valence-electron chi connectivity index (χ2n) is 6.37. The Morgan fingerprint density at radius 1 is 1.04 bits per heavy atom. The summed E-state index contributed by atoms with van der Waals surface area (Å²) in [7, 11) is 0. The summed E-state index contributed by atoms with van der Waals surface area (Å²) in [6, 6.07) is 9.62. The fourth-order valence-corrected chi connectivity index (χ4v) is 2.99. The normalized spacial score (nSPS) is 10.9. The van der Waals surface area contributed by atoms with Crippen LogP contribution in [0.3, 0.4) is 0 Å². The van der Waals surface area contributed by atoms with E-state index >= 15 is 0 Å². The molecule has 134 valence electrons. The molecule has 0 aliphatic rings. The van der Waals surface area contributed by atoms with Gasteiger partial charge in [-0.3, -0.25) is 4.79 Å². The first-order valence-corrected chi connectivity index (χ1v) is 8.64. The predicted molar refractivity (Wildman–Crippen MR) is 106 cm³/mol. The van der Waals surface area contributed by atoms with Crippen LogP contribution in [-0.2, 0) is 0 Å². The molecule has 3 aromatic rings. The minimum absolute atomic E-state index is 0.160. The summed E-state index contributed by atoms with van der Waals surface area (Å²) in [6.45, 7) is 6.58. The number of hydrogen-bond donors (Lipinski definition) is 3. The lowest BCUT2D eigenvalue weighted by Crippen LogP contribution is -2.26. The lowest BCUT2D eigenvalue weighted by Gasteiger charge is -2.14. The molecule has 0 aliphatic carbocycles.